The predicted molar refractivity (Wildman–Crippen MR) is 80.5 cm³/mol. The average Bonchev–Trinajstić information content (AvgIpc) is 3.14. The van der Waals surface area contributed by atoms with Crippen LogP contribution in [-0.2, 0) is 10.0 Å². The molecule has 1 aromatic carbocycles. The van der Waals surface area contributed by atoms with Gasteiger partial charge in [0, 0.05) is 12.0 Å². The smallest absolute Gasteiger partial charge is 0.211 e. The lowest BCUT2D eigenvalue weighted by Gasteiger charge is -2.09. The minimum Gasteiger partial charge on any atom is -0.493 e. The number of rotatable bonds is 7. The van der Waals surface area contributed by atoms with Gasteiger partial charge in [-0.3, -0.25) is 0 Å². The number of ether oxygens (including phenoxy) is 1. The fraction of sp³-hybridized carbons (Fsp3) is 0.600. The van der Waals surface area contributed by atoms with E-state index >= 15 is 0 Å². The van der Waals surface area contributed by atoms with Gasteiger partial charge in [-0.25, -0.2) is 13.1 Å². The summed E-state index contributed by atoms with van der Waals surface area (Å²) in [4.78, 5) is 0. The molecule has 0 aromatic heterocycles. The van der Waals surface area contributed by atoms with Crippen LogP contribution in [0.4, 0.5) is 0 Å². The second-order valence-electron chi connectivity index (χ2n) is 5.66. The monoisotopic (exact) mass is 297 g/mol. The number of hydrogen-bond acceptors (Lipinski definition) is 3. The van der Waals surface area contributed by atoms with Crippen molar-refractivity contribution in [3.63, 3.8) is 0 Å². The van der Waals surface area contributed by atoms with Crippen molar-refractivity contribution in [1.82, 2.24) is 4.72 Å². The maximum Gasteiger partial charge on any atom is 0.211 e. The van der Waals surface area contributed by atoms with Crippen LogP contribution in [0.15, 0.2) is 24.3 Å². The van der Waals surface area contributed by atoms with Crippen LogP contribution in [0.5, 0.6) is 5.75 Å². The van der Waals surface area contributed by atoms with Gasteiger partial charge in [-0.15, -0.1) is 0 Å². The molecule has 0 amide bonds. The Labute approximate surface area is 121 Å². The molecule has 1 fully saturated rings. The first-order valence-electron chi connectivity index (χ1n) is 7.14. The molecule has 1 aromatic rings. The molecule has 1 aliphatic carbocycles. The van der Waals surface area contributed by atoms with E-state index in [1.54, 1.807) is 6.92 Å². The minimum atomic E-state index is -3.09. The van der Waals surface area contributed by atoms with Crippen molar-refractivity contribution in [2.75, 3.05) is 12.4 Å². The zero-order valence-electron chi connectivity index (χ0n) is 12.3. The molecule has 20 heavy (non-hydrogen) atoms. The van der Waals surface area contributed by atoms with Gasteiger partial charge in [0.05, 0.1) is 12.4 Å². The van der Waals surface area contributed by atoms with Crippen LogP contribution in [0, 0.1) is 5.92 Å². The van der Waals surface area contributed by atoms with Gasteiger partial charge in [-0.05, 0) is 37.0 Å². The van der Waals surface area contributed by atoms with Crippen molar-refractivity contribution in [3.8, 4) is 5.75 Å². The Morgan fingerprint density at radius 3 is 2.50 bits per heavy atom. The fourth-order valence-electron chi connectivity index (χ4n) is 2.04. The van der Waals surface area contributed by atoms with Crippen LogP contribution >= 0.6 is 0 Å². The highest BCUT2D eigenvalue weighted by atomic mass is 32.2. The van der Waals surface area contributed by atoms with Crippen molar-refractivity contribution >= 4 is 10.0 Å². The fourth-order valence-corrected chi connectivity index (χ4v) is 2.96. The van der Waals surface area contributed by atoms with Crippen molar-refractivity contribution in [3.05, 3.63) is 29.8 Å². The van der Waals surface area contributed by atoms with Crippen molar-refractivity contribution in [2.24, 2.45) is 5.92 Å². The minimum absolute atomic E-state index is 0.0508. The highest BCUT2D eigenvalue weighted by molar-refractivity contribution is 7.89. The van der Waals surface area contributed by atoms with E-state index in [2.05, 4.69) is 30.7 Å². The first-order chi connectivity index (χ1) is 9.41. The van der Waals surface area contributed by atoms with Gasteiger partial charge in [-0.2, -0.15) is 0 Å². The van der Waals surface area contributed by atoms with Crippen molar-refractivity contribution < 1.29 is 13.2 Å². The first-order valence-corrected chi connectivity index (χ1v) is 8.79. The van der Waals surface area contributed by atoms with Crippen LogP contribution in [0.3, 0.4) is 0 Å². The van der Waals surface area contributed by atoms with Gasteiger partial charge in [0.25, 0.3) is 0 Å². The molecule has 5 heteroatoms. The van der Waals surface area contributed by atoms with Gasteiger partial charge in [-0.1, -0.05) is 26.0 Å². The Morgan fingerprint density at radius 1 is 1.30 bits per heavy atom. The zero-order valence-corrected chi connectivity index (χ0v) is 13.1. The van der Waals surface area contributed by atoms with Crippen LogP contribution in [-0.4, -0.2) is 26.8 Å². The van der Waals surface area contributed by atoms with Crippen molar-refractivity contribution in [1.29, 1.82) is 0 Å². The Balaban J connectivity index is 1.77. The highest BCUT2D eigenvalue weighted by Crippen LogP contribution is 2.31. The molecule has 0 saturated heterocycles. The van der Waals surface area contributed by atoms with Gasteiger partial charge in [0.2, 0.25) is 10.0 Å². The summed E-state index contributed by atoms with van der Waals surface area (Å²) in [6.07, 6.45) is 0.864. The van der Waals surface area contributed by atoms with E-state index in [-0.39, 0.29) is 11.8 Å². The Hall–Kier alpha value is -1.07. The van der Waals surface area contributed by atoms with E-state index in [0.717, 1.165) is 12.2 Å². The summed E-state index contributed by atoms with van der Waals surface area (Å²) in [7, 11) is -3.09. The van der Waals surface area contributed by atoms with Gasteiger partial charge >= 0.3 is 0 Å². The zero-order chi connectivity index (χ0) is 14.8. The largest absolute Gasteiger partial charge is 0.493 e. The Kier molecular flexibility index (Phi) is 4.70. The van der Waals surface area contributed by atoms with Crippen LogP contribution < -0.4 is 9.46 Å². The van der Waals surface area contributed by atoms with Gasteiger partial charge in [0.15, 0.2) is 0 Å². The molecule has 0 spiro atoms. The highest BCUT2D eigenvalue weighted by Gasteiger charge is 2.40. The SMILES string of the molecule is CCS(=O)(=O)N[C@@H]1C[C@@H]1COc1ccc(C(C)C)cc1. The molecule has 1 aliphatic rings. The first kappa shape index (κ1) is 15.3. The molecule has 1 N–H and O–H groups in total. The Bertz CT molecular complexity index is 537. The Morgan fingerprint density at radius 2 is 1.95 bits per heavy atom. The van der Waals surface area contributed by atoms with Crippen LogP contribution in [0.25, 0.3) is 0 Å². The topological polar surface area (TPSA) is 55.4 Å². The molecule has 0 radical (unpaired) electrons. The lowest BCUT2D eigenvalue weighted by atomic mass is 10.0. The number of nitrogens with one attached hydrogen (secondary N) is 1. The standard InChI is InChI=1S/C15H23NO3S/c1-4-20(17,18)16-15-9-13(15)10-19-14-7-5-12(6-8-14)11(2)3/h5-8,11,13,15-16H,4,9-10H2,1-3H3/t13-,15-/m1/s1. The van der Waals surface area contributed by atoms with Gasteiger partial charge < -0.3 is 4.74 Å². The van der Waals surface area contributed by atoms with E-state index in [1.165, 1.54) is 5.56 Å². The third-order valence-corrected chi connectivity index (χ3v) is 5.07. The third-order valence-electron chi connectivity index (χ3n) is 3.64. The number of benzene rings is 1. The average molecular weight is 297 g/mol. The predicted octanol–water partition coefficient (Wildman–Crippen LogP) is 2.52. The molecule has 0 heterocycles. The van der Waals surface area contributed by atoms with Crippen LogP contribution in [0.1, 0.15) is 38.7 Å². The summed E-state index contributed by atoms with van der Waals surface area (Å²) in [5, 5.41) is 0. The lowest BCUT2D eigenvalue weighted by Crippen LogP contribution is -2.29. The maximum atomic E-state index is 11.4. The summed E-state index contributed by atoms with van der Waals surface area (Å²) in [5.41, 5.74) is 1.29. The molecule has 2 rings (SSSR count). The van der Waals surface area contributed by atoms with E-state index < -0.39 is 10.0 Å². The van der Waals surface area contributed by atoms with E-state index in [1.807, 2.05) is 12.1 Å². The van der Waals surface area contributed by atoms with Crippen LogP contribution in [0.2, 0.25) is 0 Å². The molecule has 0 aliphatic heterocycles. The molecule has 0 unspecified atom stereocenters. The normalized spacial score (nSPS) is 22.0. The molecule has 2 atom stereocenters. The number of sulfonamides is 1. The van der Waals surface area contributed by atoms with E-state index in [0.29, 0.717) is 18.4 Å². The number of hydrogen-bond donors (Lipinski definition) is 1. The lowest BCUT2D eigenvalue weighted by molar-refractivity contribution is 0.295. The van der Waals surface area contributed by atoms with E-state index in [4.69, 9.17) is 4.74 Å². The molecular formula is C15H23NO3S. The molecule has 4 nitrogen and oxygen atoms in total. The molecular weight excluding hydrogens is 274 g/mol. The summed E-state index contributed by atoms with van der Waals surface area (Å²) < 4.78 is 31.2. The maximum absolute atomic E-state index is 11.4. The quantitative estimate of drug-likeness (QED) is 0.841. The molecule has 112 valence electrons. The second-order valence-corrected chi connectivity index (χ2v) is 7.70. The summed E-state index contributed by atoms with van der Waals surface area (Å²) >= 11 is 0. The third kappa shape index (κ3) is 4.21. The van der Waals surface area contributed by atoms with Crippen molar-refractivity contribution in [2.45, 2.75) is 39.2 Å². The summed E-state index contributed by atoms with van der Waals surface area (Å²) in [6, 6.07) is 8.15. The summed E-state index contributed by atoms with van der Waals surface area (Å²) in [6.45, 7) is 6.53. The summed E-state index contributed by atoms with van der Waals surface area (Å²) in [5.74, 6) is 1.79. The second kappa shape index (κ2) is 6.14. The molecule has 1 saturated carbocycles. The molecule has 0 bridgehead atoms. The van der Waals surface area contributed by atoms with Gasteiger partial charge in [0.1, 0.15) is 5.75 Å². The van der Waals surface area contributed by atoms with E-state index in [9.17, 15) is 8.42 Å².